The molecule has 2 atom stereocenters. The minimum Gasteiger partial charge on any atom is -0.454 e. The maximum absolute atomic E-state index is 6.34. The molecule has 1 aliphatic carbocycles. The van der Waals surface area contributed by atoms with Crippen LogP contribution in [0.5, 0.6) is 11.5 Å². The van der Waals surface area contributed by atoms with Crippen molar-refractivity contribution in [3.63, 3.8) is 0 Å². The van der Waals surface area contributed by atoms with E-state index in [-0.39, 0.29) is 18.9 Å². The van der Waals surface area contributed by atoms with Gasteiger partial charge in [0, 0.05) is 17.1 Å². The van der Waals surface area contributed by atoms with Gasteiger partial charge in [0.25, 0.3) is 0 Å². The van der Waals surface area contributed by atoms with Crippen molar-refractivity contribution in [1.29, 1.82) is 0 Å². The zero-order valence-electron chi connectivity index (χ0n) is 16.0. The van der Waals surface area contributed by atoms with Gasteiger partial charge in [-0.05, 0) is 48.7 Å². The average Bonchev–Trinajstić information content (AvgIpc) is 3.17. The van der Waals surface area contributed by atoms with E-state index < -0.39 is 0 Å². The maximum Gasteiger partial charge on any atom is 0.231 e. The van der Waals surface area contributed by atoms with E-state index in [1.165, 1.54) is 6.42 Å². The molecule has 1 aliphatic heterocycles. The molecule has 0 bridgehead atoms. The van der Waals surface area contributed by atoms with Crippen LogP contribution in [0.15, 0.2) is 41.4 Å². The molecule has 0 amide bonds. The van der Waals surface area contributed by atoms with Gasteiger partial charge in [-0.3, -0.25) is 0 Å². The molecular weight excluding hydrogens is 411 g/mol. The van der Waals surface area contributed by atoms with Crippen LogP contribution in [0.3, 0.4) is 0 Å². The number of benzene rings is 2. The van der Waals surface area contributed by atoms with Crippen LogP contribution in [0.1, 0.15) is 31.2 Å². The fourth-order valence-electron chi connectivity index (χ4n) is 3.56. The zero-order valence-corrected chi connectivity index (χ0v) is 17.5. The molecule has 1 fully saturated rings. The van der Waals surface area contributed by atoms with Crippen molar-refractivity contribution >= 4 is 34.8 Å². The number of fused-ring (bicyclic) bond motifs is 1. The lowest BCUT2D eigenvalue weighted by molar-refractivity contribution is 0.174. The summed E-state index contributed by atoms with van der Waals surface area (Å²) >= 11 is 12.4. The van der Waals surface area contributed by atoms with E-state index in [4.69, 9.17) is 43.4 Å². The van der Waals surface area contributed by atoms with Gasteiger partial charge in [0.15, 0.2) is 17.5 Å². The SMILES string of the molecule is N[C@H]1CCCC[C@@H]1NC(=NCc1ccc2c(c1)OCO2)Nc1ccc(Cl)cc1Cl. The normalized spacial score (nSPS) is 21.1. The quantitative estimate of drug-likeness (QED) is 0.485. The van der Waals surface area contributed by atoms with Crippen molar-refractivity contribution in [3.8, 4) is 11.5 Å². The Labute approximate surface area is 180 Å². The lowest BCUT2D eigenvalue weighted by atomic mass is 9.91. The Hall–Kier alpha value is -2.15. The summed E-state index contributed by atoms with van der Waals surface area (Å²) in [6, 6.07) is 11.4. The molecule has 0 radical (unpaired) electrons. The van der Waals surface area contributed by atoms with E-state index in [1.807, 2.05) is 24.3 Å². The smallest absolute Gasteiger partial charge is 0.231 e. The van der Waals surface area contributed by atoms with Crippen molar-refractivity contribution < 1.29 is 9.47 Å². The molecule has 4 rings (SSSR count). The van der Waals surface area contributed by atoms with Gasteiger partial charge in [0.1, 0.15) is 0 Å². The highest BCUT2D eigenvalue weighted by molar-refractivity contribution is 6.36. The number of ether oxygens (including phenoxy) is 2. The molecule has 8 heteroatoms. The molecule has 29 heavy (non-hydrogen) atoms. The van der Waals surface area contributed by atoms with Crippen LogP contribution < -0.4 is 25.8 Å². The molecule has 0 saturated heterocycles. The number of nitrogens with two attached hydrogens (primary N) is 1. The van der Waals surface area contributed by atoms with Gasteiger partial charge < -0.3 is 25.8 Å². The summed E-state index contributed by atoms with van der Waals surface area (Å²) in [6.07, 6.45) is 4.34. The number of rotatable bonds is 4. The van der Waals surface area contributed by atoms with Crippen LogP contribution in [0.4, 0.5) is 5.69 Å². The molecule has 0 spiro atoms. The van der Waals surface area contributed by atoms with E-state index >= 15 is 0 Å². The Morgan fingerprint density at radius 3 is 2.72 bits per heavy atom. The minimum atomic E-state index is 0.0991. The predicted octanol–water partition coefficient (Wildman–Crippen LogP) is 4.55. The van der Waals surface area contributed by atoms with E-state index in [2.05, 4.69) is 10.6 Å². The van der Waals surface area contributed by atoms with E-state index in [1.54, 1.807) is 12.1 Å². The average molecular weight is 435 g/mol. The Balaban J connectivity index is 1.53. The summed E-state index contributed by atoms with van der Waals surface area (Å²) in [4.78, 5) is 4.76. The molecule has 4 N–H and O–H groups in total. The molecular formula is C21H24Cl2N4O2. The summed E-state index contributed by atoms with van der Waals surface area (Å²) in [5.74, 6) is 2.14. The number of hydrogen-bond donors (Lipinski definition) is 3. The summed E-state index contributed by atoms with van der Waals surface area (Å²) in [5, 5.41) is 7.90. The molecule has 0 aromatic heterocycles. The lowest BCUT2D eigenvalue weighted by Gasteiger charge is -2.30. The summed E-state index contributed by atoms with van der Waals surface area (Å²) < 4.78 is 10.8. The Morgan fingerprint density at radius 2 is 1.90 bits per heavy atom. The van der Waals surface area contributed by atoms with Gasteiger partial charge in [0.05, 0.1) is 17.3 Å². The van der Waals surface area contributed by atoms with Gasteiger partial charge in [-0.15, -0.1) is 0 Å². The van der Waals surface area contributed by atoms with Gasteiger partial charge in [-0.2, -0.15) is 0 Å². The molecule has 2 aromatic rings. The van der Waals surface area contributed by atoms with E-state index in [0.717, 1.165) is 42.0 Å². The van der Waals surface area contributed by atoms with Crippen LogP contribution in [-0.4, -0.2) is 24.8 Å². The van der Waals surface area contributed by atoms with E-state index in [0.29, 0.717) is 22.5 Å². The fourth-order valence-corrected chi connectivity index (χ4v) is 4.02. The van der Waals surface area contributed by atoms with Gasteiger partial charge in [-0.25, -0.2) is 4.99 Å². The van der Waals surface area contributed by atoms with Gasteiger partial charge >= 0.3 is 0 Å². The van der Waals surface area contributed by atoms with Crippen LogP contribution in [0.2, 0.25) is 10.0 Å². The van der Waals surface area contributed by atoms with Crippen LogP contribution in [0.25, 0.3) is 0 Å². The second kappa shape index (κ2) is 9.11. The summed E-state index contributed by atoms with van der Waals surface area (Å²) in [5.41, 5.74) is 8.07. The van der Waals surface area contributed by atoms with Crippen molar-refractivity contribution in [2.45, 2.75) is 44.3 Å². The third-order valence-corrected chi connectivity index (χ3v) is 5.73. The lowest BCUT2D eigenvalue weighted by Crippen LogP contribution is -2.51. The minimum absolute atomic E-state index is 0.0991. The number of nitrogens with zero attached hydrogens (tertiary/aromatic N) is 1. The molecule has 2 aliphatic rings. The summed E-state index contributed by atoms with van der Waals surface area (Å²) in [6.45, 7) is 0.726. The van der Waals surface area contributed by atoms with Crippen molar-refractivity contribution in [1.82, 2.24) is 5.32 Å². The van der Waals surface area contributed by atoms with Crippen molar-refractivity contribution in [3.05, 3.63) is 52.0 Å². The van der Waals surface area contributed by atoms with E-state index in [9.17, 15) is 0 Å². The first-order valence-corrected chi connectivity index (χ1v) is 10.5. The highest BCUT2D eigenvalue weighted by atomic mass is 35.5. The molecule has 0 unspecified atom stereocenters. The first kappa shape index (κ1) is 20.1. The Morgan fingerprint density at radius 1 is 1.07 bits per heavy atom. The zero-order chi connectivity index (χ0) is 20.2. The Bertz CT molecular complexity index is 906. The Kier molecular flexibility index (Phi) is 6.33. The monoisotopic (exact) mass is 434 g/mol. The second-order valence-electron chi connectivity index (χ2n) is 7.30. The number of nitrogens with one attached hydrogen (secondary N) is 2. The number of aliphatic imine (C=N–C) groups is 1. The standard InChI is InChI=1S/C21H24Cl2N4O2/c22-14-6-7-17(15(23)10-14)26-21(27-18-4-2-1-3-16(18)24)25-11-13-5-8-19-20(9-13)29-12-28-19/h5-10,16,18H,1-4,11-12,24H2,(H2,25,26,27)/t16-,18-/m0/s1. The first-order valence-electron chi connectivity index (χ1n) is 9.75. The topological polar surface area (TPSA) is 80.9 Å². The second-order valence-corrected chi connectivity index (χ2v) is 8.14. The van der Waals surface area contributed by atoms with Crippen molar-refractivity contribution in [2.75, 3.05) is 12.1 Å². The van der Waals surface area contributed by atoms with Crippen molar-refractivity contribution in [2.24, 2.45) is 10.7 Å². The highest BCUT2D eigenvalue weighted by Gasteiger charge is 2.23. The first-order chi connectivity index (χ1) is 14.1. The van der Waals surface area contributed by atoms with Crippen LogP contribution >= 0.6 is 23.2 Å². The highest BCUT2D eigenvalue weighted by Crippen LogP contribution is 2.32. The largest absolute Gasteiger partial charge is 0.454 e. The molecule has 154 valence electrons. The van der Waals surface area contributed by atoms with Crippen LogP contribution in [-0.2, 0) is 6.54 Å². The van der Waals surface area contributed by atoms with Gasteiger partial charge in [0.2, 0.25) is 6.79 Å². The van der Waals surface area contributed by atoms with Crippen LogP contribution in [0, 0.1) is 0 Å². The molecule has 1 heterocycles. The van der Waals surface area contributed by atoms with Gasteiger partial charge in [-0.1, -0.05) is 42.1 Å². The number of hydrogen-bond acceptors (Lipinski definition) is 4. The molecule has 1 saturated carbocycles. The number of guanidine groups is 1. The number of halogens is 2. The third-order valence-electron chi connectivity index (χ3n) is 5.18. The summed E-state index contributed by atoms with van der Waals surface area (Å²) in [7, 11) is 0. The number of anilines is 1. The third kappa shape index (κ3) is 5.07. The predicted molar refractivity (Wildman–Crippen MR) is 117 cm³/mol. The maximum atomic E-state index is 6.34. The molecule has 6 nitrogen and oxygen atoms in total. The fraction of sp³-hybridized carbons (Fsp3) is 0.381. The molecule has 2 aromatic carbocycles.